The van der Waals surface area contributed by atoms with E-state index in [9.17, 15) is 0 Å². The predicted molar refractivity (Wildman–Crippen MR) is 53.5 cm³/mol. The summed E-state index contributed by atoms with van der Waals surface area (Å²) >= 11 is 5.88. The van der Waals surface area contributed by atoms with Gasteiger partial charge in [0.25, 0.3) is 0 Å². The summed E-state index contributed by atoms with van der Waals surface area (Å²) in [7, 11) is 1.62. The van der Waals surface area contributed by atoms with Crippen molar-refractivity contribution in [2.45, 2.75) is 13.3 Å². The van der Waals surface area contributed by atoms with E-state index in [1.54, 1.807) is 7.11 Å². The summed E-state index contributed by atoms with van der Waals surface area (Å²) in [5.74, 6) is 0.818. The van der Waals surface area contributed by atoms with Crippen LogP contribution in [0.3, 0.4) is 0 Å². The molecule has 0 spiro atoms. The standard InChI is InChI=1S/C10H13ClO2/c1-7-5-9(11)6-8(3-4-12)10(7)13-2/h5-6,12H,3-4H2,1-2H3. The number of hydrogen-bond acceptors (Lipinski definition) is 2. The van der Waals surface area contributed by atoms with Gasteiger partial charge in [0.2, 0.25) is 0 Å². The van der Waals surface area contributed by atoms with Gasteiger partial charge in [-0.25, -0.2) is 0 Å². The van der Waals surface area contributed by atoms with Crippen LogP contribution in [-0.4, -0.2) is 18.8 Å². The molecule has 0 aromatic heterocycles. The largest absolute Gasteiger partial charge is 0.496 e. The molecule has 0 atom stereocenters. The molecule has 1 N–H and O–H groups in total. The minimum atomic E-state index is 0.107. The van der Waals surface area contributed by atoms with E-state index < -0.39 is 0 Å². The van der Waals surface area contributed by atoms with E-state index in [1.165, 1.54) is 0 Å². The van der Waals surface area contributed by atoms with Gasteiger partial charge in [-0.05, 0) is 36.6 Å². The fraction of sp³-hybridized carbons (Fsp3) is 0.400. The maximum atomic E-state index is 8.82. The van der Waals surface area contributed by atoms with Crippen molar-refractivity contribution in [3.63, 3.8) is 0 Å². The molecule has 72 valence electrons. The summed E-state index contributed by atoms with van der Waals surface area (Å²) in [5, 5.41) is 9.50. The van der Waals surface area contributed by atoms with Crippen molar-refractivity contribution in [2.75, 3.05) is 13.7 Å². The van der Waals surface area contributed by atoms with Crippen molar-refractivity contribution >= 4 is 11.6 Å². The SMILES string of the molecule is COc1c(C)cc(Cl)cc1CCO. The molecule has 0 amide bonds. The van der Waals surface area contributed by atoms with Gasteiger partial charge < -0.3 is 9.84 Å². The number of methoxy groups -OCH3 is 1. The molecule has 1 aromatic carbocycles. The summed E-state index contributed by atoms with van der Waals surface area (Å²) in [5.41, 5.74) is 1.95. The molecule has 0 saturated heterocycles. The molecule has 0 fully saturated rings. The number of rotatable bonds is 3. The van der Waals surface area contributed by atoms with Crippen LogP contribution in [0, 0.1) is 6.92 Å². The average molecular weight is 201 g/mol. The third kappa shape index (κ3) is 2.36. The highest BCUT2D eigenvalue weighted by Crippen LogP contribution is 2.27. The summed E-state index contributed by atoms with van der Waals surface area (Å²) in [6, 6.07) is 3.67. The Morgan fingerprint density at radius 2 is 2.15 bits per heavy atom. The molecule has 0 saturated carbocycles. The lowest BCUT2D eigenvalue weighted by atomic mass is 10.1. The highest BCUT2D eigenvalue weighted by Gasteiger charge is 2.06. The van der Waals surface area contributed by atoms with Crippen LogP contribution in [-0.2, 0) is 6.42 Å². The summed E-state index contributed by atoms with van der Waals surface area (Å²) in [6.45, 7) is 2.04. The summed E-state index contributed by atoms with van der Waals surface area (Å²) in [6.07, 6.45) is 0.574. The molecular formula is C10H13ClO2. The smallest absolute Gasteiger partial charge is 0.125 e. The Balaban J connectivity index is 3.13. The molecule has 0 aliphatic carbocycles. The van der Waals surface area contributed by atoms with E-state index in [-0.39, 0.29) is 6.61 Å². The van der Waals surface area contributed by atoms with Gasteiger partial charge in [-0.1, -0.05) is 11.6 Å². The van der Waals surface area contributed by atoms with Crippen molar-refractivity contribution < 1.29 is 9.84 Å². The van der Waals surface area contributed by atoms with E-state index in [0.717, 1.165) is 16.9 Å². The normalized spacial score (nSPS) is 10.2. The second kappa shape index (κ2) is 4.49. The lowest BCUT2D eigenvalue weighted by Gasteiger charge is -2.10. The molecule has 1 rings (SSSR count). The van der Waals surface area contributed by atoms with Crippen LogP contribution in [0.4, 0.5) is 0 Å². The van der Waals surface area contributed by atoms with E-state index >= 15 is 0 Å². The maximum absolute atomic E-state index is 8.82. The van der Waals surface area contributed by atoms with Gasteiger partial charge in [0.05, 0.1) is 7.11 Å². The van der Waals surface area contributed by atoms with Gasteiger partial charge in [-0.2, -0.15) is 0 Å². The van der Waals surface area contributed by atoms with Crippen LogP contribution in [0.15, 0.2) is 12.1 Å². The Kier molecular flexibility index (Phi) is 3.58. The van der Waals surface area contributed by atoms with Crippen molar-refractivity contribution in [1.82, 2.24) is 0 Å². The summed E-state index contributed by atoms with van der Waals surface area (Å²) < 4.78 is 5.21. The van der Waals surface area contributed by atoms with Crippen LogP contribution in [0.1, 0.15) is 11.1 Å². The van der Waals surface area contributed by atoms with Gasteiger partial charge in [0, 0.05) is 11.6 Å². The third-order valence-electron chi connectivity index (χ3n) is 1.90. The molecule has 0 aliphatic rings. The number of aliphatic hydroxyl groups is 1. The van der Waals surface area contributed by atoms with E-state index in [1.807, 2.05) is 19.1 Å². The van der Waals surface area contributed by atoms with E-state index in [0.29, 0.717) is 11.4 Å². The first-order valence-corrected chi connectivity index (χ1v) is 4.50. The van der Waals surface area contributed by atoms with Gasteiger partial charge in [-0.3, -0.25) is 0 Å². The zero-order valence-corrected chi connectivity index (χ0v) is 8.56. The quantitative estimate of drug-likeness (QED) is 0.811. The fourth-order valence-electron chi connectivity index (χ4n) is 1.40. The molecule has 0 radical (unpaired) electrons. The Labute approximate surface area is 83.1 Å². The van der Waals surface area contributed by atoms with Gasteiger partial charge in [0.1, 0.15) is 5.75 Å². The number of halogens is 1. The summed E-state index contributed by atoms with van der Waals surface area (Å²) in [4.78, 5) is 0. The van der Waals surface area contributed by atoms with Crippen molar-refractivity contribution in [2.24, 2.45) is 0 Å². The number of hydrogen-bond donors (Lipinski definition) is 1. The lowest BCUT2D eigenvalue weighted by Crippen LogP contribution is -1.97. The Hall–Kier alpha value is -0.730. The number of aryl methyl sites for hydroxylation is 1. The molecule has 0 bridgehead atoms. The number of benzene rings is 1. The first kappa shape index (κ1) is 10.4. The second-order valence-corrected chi connectivity index (χ2v) is 3.33. The van der Waals surface area contributed by atoms with E-state index in [2.05, 4.69) is 0 Å². The zero-order chi connectivity index (χ0) is 9.84. The fourth-order valence-corrected chi connectivity index (χ4v) is 1.69. The maximum Gasteiger partial charge on any atom is 0.125 e. The minimum absolute atomic E-state index is 0.107. The monoisotopic (exact) mass is 200 g/mol. The van der Waals surface area contributed by atoms with Crippen molar-refractivity contribution in [1.29, 1.82) is 0 Å². The van der Waals surface area contributed by atoms with Crippen LogP contribution in [0.2, 0.25) is 5.02 Å². The Morgan fingerprint density at radius 3 is 2.69 bits per heavy atom. The van der Waals surface area contributed by atoms with Gasteiger partial charge in [0.15, 0.2) is 0 Å². The first-order valence-electron chi connectivity index (χ1n) is 4.13. The predicted octanol–water partition coefficient (Wildman–Crippen LogP) is 2.19. The molecule has 13 heavy (non-hydrogen) atoms. The topological polar surface area (TPSA) is 29.5 Å². The molecule has 0 aliphatic heterocycles. The van der Waals surface area contributed by atoms with Crippen molar-refractivity contribution in [3.8, 4) is 5.75 Å². The van der Waals surface area contributed by atoms with Gasteiger partial charge in [-0.15, -0.1) is 0 Å². The molecule has 1 aromatic rings. The first-order chi connectivity index (χ1) is 6.19. The highest BCUT2D eigenvalue weighted by atomic mass is 35.5. The molecular weight excluding hydrogens is 188 g/mol. The molecule has 2 nitrogen and oxygen atoms in total. The molecule has 0 heterocycles. The van der Waals surface area contributed by atoms with Crippen LogP contribution >= 0.6 is 11.6 Å². The molecule has 3 heteroatoms. The zero-order valence-electron chi connectivity index (χ0n) is 7.80. The van der Waals surface area contributed by atoms with Gasteiger partial charge >= 0.3 is 0 Å². The Bertz CT molecular complexity index is 297. The highest BCUT2D eigenvalue weighted by molar-refractivity contribution is 6.30. The van der Waals surface area contributed by atoms with Crippen LogP contribution < -0.4 is 4.74 Å². The number of ether oxygens (including phenoxy) is 1. The second-order valence-electron chi connectivity index (χ2n) is 2.89. The molecule has 0 unspecified atom stereocenters. The number of aliphatic hydroxyl groups excluding tert-OH is 1. The van der Waals surface area contributed by atoms with Crippen LogP contribution in [0.25, 0.3) is 0 Å². The van der Waals surface area contributed by atoms with Crippen molar-refractivity contribution in [3.05, 3.63) is 28.3 Å². The van der Waals surface area contributed by atoms with Crippen LogP contribution in [0.5, 0.6) is 5.75 Å². The Morgan fingerprint density at radius 1 is 1.46 bits per heavy atom. The minimum Gasteiger partial charge on any atom is -0.496 e. The van der Waals surface area contributed by atoms with E-state index in [4.69, 9.17) is 21.4 Å². The lowest BCUT2D eigenvalue weighted by molar-refractivity contribution is 0.296. The third-order valence-corrected chi connectivity index (χ3v) is 2.12. The average Bonchev–Trinajstić information content (AvgIpc) is 2.04.